The Morgan fingerprint density at radius 3 is 1.22 bits per heavy atom. The Labute approximate surface area is 210 Å². The number of amides is 4. The van der Waals surface area contributed by atoms with E-state index in [0.29, 0.717) is 11.1 Å². The van der Waals surface area contributed by atoms with Crippen molar-refractivity contribution in [2.45, 2.75) is 37.5 Å². The van der Waals surface area contributed by atoms with Gasteiger partial charge in [-0.25, -0.2) is 35.9 Å². The van der Waals surface area contributed by atoms with Crippen LogP contribution in [0.1, 0.15) is 22.3 Å². The number of anilines is 2. The summed E-state index contributed by atoms with van der Waals surface area (Å²) < 4.78 is 53.8. The van der Waals surface area contributed by atoms with Crippen molar-refractivity contribution in [1.29, 1.82) is 0 Å². The summed E-state index contributed by atoms with van der Waals surface area (Å²) in [6.45, 7) is 6.98. The van der Waals surface area contributed by atoms with Crippen LogP contribution in [0.4, 0.5) is 21.0 Å². The maximum atomic E-state index is 12.5. The molecule has 0 aliphatic carbocycles. The van der Waals surface area contributed by atoms with E-state index in [1.54, 1.807) is 58.0 Å². The molecule has 190 valence electrons. The molecule has 10 nitrogen and oxygen atoms in total. The lowest BCUT2D eigenvalue weighted by atomic mass is 10.1. The summed E-state index contributed by atoms with van der Waals surface area (Å²) in [5, 5.41) is 4.90. The van der Waals surface area contributed by atoms with Crippen molar-refractivity contribution in [3.63, 3.8) is 0 Å². The summed E-state index contributed by atoms with van der Waals surface area (Å²) in [5.74, 6) is 0. The van der Waals surface area contributed by atoms with E-state index < -0.39 is 32.1 Å². The molecule has 0 aromatic heterocycles. The van der Waals surface area contributed by atoms with E-state index in [4.69, 9.17) is 0 Å². The largest absolute Gasteiger partial charge is 0.333 e. The van der Waals surface area contributed by atoms with Gasteiger partial charge >= 0.3 is 12.1 Å². The summed E-state index contributed by atoms with van der Waals surface area (Å²) in [5.41, 5.74) is 3.35. The number of hydrogen-bond acceptors (Lipinski definition) is 6. The van der Waals surface area contributed by atoms with Gasteiger partial charge in [0.25, 0.3) is 20.0 Å². The van der Waals surface area contributed by atoms with Crippen LogP contribution in [-0.2, 0) is 20.0 Å². The molecular formula is C24H26N4O6S2. The molecule has 36 heavy (non-hydrogen) atoms. The number of nitrogens with one attached hydrogen (secondary N) is 4. The van der Waals surface area contributed by atoms with Crippen LogP contribution in [0.5, 0.6) is 0 Å². The van der Waals surface area contributed by atoms with Gasteiger partial charge < -0.3 is 10.6 Å². The Balaban J connectivity index is 1.73. The first-order valence-corrected chi connectivity index (χ1v) is 13.7. The summed E-state index contributed by atoms with van der Waals surface area (Å²) >= 11 is 0. The van der Waals surface area contributed by atoms with Crippen LogP contribution in [0.3, 0.4) is 0 Å². The lowest BCUT2D eigenvalue weighted by Gasteiger charge is -2.15. The normalized spacial score (nSPS) is 11.4. The van der Waals surface area contributed by atoms with E-state index in [1.807, 2.05) is 9.44 Å². The van der Waals surface area contributed by atoms with E-state index in [-0.39, 0.29) is 21.2 Å². The predicted octanol–water partition coefficient (Wildman–Crippen LogP) is 3.94. The van der Waals surface area contributed by atoms with Gasteiger partial charge in [0.15, 0.2) is 0 Å². The zero-order valence-corrected chi connectivity index (χ0v) is 21.7. The fraction of sp³-hybridized carbons (Fsp3) is 0.167. The van der Waals surface area contributed by atoms with Crippen molar-refractivity contribution in [3.05, 3.63) is 82.9 Å². The molecule has 0 bridgehead atoms. The predicted molar refractivity (Wildman–Crippen MR) is 137 cm³/mol. The molecule has 0 aliphatic rings. The summed E-state index contributed by atoms with van der Waals surface area (Å²) in [6, 6.07) is 13.0. The van der Waals surface area contributed by atoms with E-state index >= 15 is 0 Å². The van der Waals surface area contributed by atoms with Gasteiger partial charge in [-0.3, -0.25) is 0 Å². The second-order valence-corrected chi connectivity index (χ2v) is 11.6. The highest BCUT2D eigenvalue weighted by Gasteiger charge is 2.20. The molecule has 0 unspecified atom stereocenters. The molecule has 0 radical (unpaired) electrons. The van der Waals surface area contributed by atoms with Gasteiger partial charge in [-0.2, -0.15) is 0 Å². The van der Waals surface area contributed by atoms with Crippen LogP contribution in [0.25, 0.3) is 0 Å². The third kappa shape index (κ3) is 6.61. The quantitative estimate of drug-likeness (QED) is 0.379. The minimum Gasteiger partial charge on any atom is -0.307 e. The molecule has 4 amide bonds. The number of rotatable bonds is 6. The van der Waals surface area contributed by atoms with Crippen LogP contribution >= 0.6 is 0 Å². The Morgan fingerprint density at radius 1 is 0.556 bits per heavy atom. The maximum absolute atomic E-state index is 12.5. The van der Waals surface area contributed by atoms with E-state index in [1.165, 1.54) is 30.3 Å². The molecule has 0 atom stereocenters. The summed E-state index contributed by atoms with van der Waals surface area (Å²) in [7, 11) is -8.21. The molecule has 0 aliphatic heterocycles. The monoisotopic (exact) mass is 530 g/mol. The third-order valence-corrected chi connectivity index (χ3v) is 7.88. The standard InChI is InChI=1S/C24H26N4O6S2/c1-15-5-9-19(10-6-15)35(31,32)27-23(29)25-21-14-22(18(4)13-17(21)3)26-24(30)28-36(33,34)20-11-7-16(2)8-12-20/h5-14H,1-4H3,(H2,25,27,29)(H2,26,28,30). The lowest BCUT2D eigenvalue weighted by molar-refractivity contribution is 0.255. The Hall–Kier alpha value is -3.90. The fourth-order valence-electron chi connectivity index (χ4n) is 3.21. The maximum Gasteiger partial charge on any atom is 0.333 e. The van der Waals surface area contributed by atoms with E-state index in [0.717, 1.165) is 11.1 Å². The van der Waals surface area contributed by atoms with Crippen LogP contribution in [0.15, 0.2) is 70.5 Å². The molecule has 0 heterocycles. The first kappa shape index (κ1) is 26.7. The second kappa shape index (κ2) is 10.4. The number of urea groups is 2. The van der Waals surface area contributed by atoms with E-state index in [9.17, 15) is 26.4 Å². The Kier molecular flexibility index (Phi) is 7.70. The average molecular weight is 531 g/mol. The first-order chi connectivity index (χ1) is 16.8. The minimum atomic E-state index is -4.10. The molecular weight excluding hydrogens is 504 g/mol. The van der Waals surface area contributed by atoms with Crippen molar-refractivity contribution in [2.24, 2.45) is 0 Å². The van der Waals surface area contributed by atoms with Crippen molar-refractivity contribution < 1.29 is 26.4 Å². The average Bonchev–Trinajstić information content (AvgIpc) is 2.77. The van der Waals surface area contributed by atoms with Gasteiger partial charge in [0.05, 0.1) is 9.79 Å². The molecule has 0 saturated heterocycles. The number of carbonyl (C=O) groups is 2. The number of sulfonamides is 2. The van der Waals surface area contributed by atoms with Crippen molar-refractivity contribution in [1.82, 2.24) is 9.44 Å². The molecule has 0 saturated carbocycles. The third-order valence-electron chi connectivity index (χ3n) is 5.18. The van der Waals surface area contributed by atoms with Crippen LogP contribution in [-0.4, -0.2) is 28.9 Å². The van der Waals surface area contributed by atoms with E-state index in [2.05, 4.69) is 10.6 Å². The van der Waals surface area contributed by atoms with Crippen molar-refractivity contribution in [3.8, 4) is 0 Å². The van der Waals surface area contributed by atoms with Crippen molar-refractivity contribution >= 4 is 43.5 Å². The topological polar surface area (TPSA) is 151 Å². The molecule has 4 N–H and O–H groups in total. The zero-order chi connectivity index (χ0) is 26.7. The first-order valence-electron chi connectivity index (χ1n) is 10.7. The smallest absolute Gasteiger partial charge is 0.307 e. The molecule has 3 rings (SSSR count). The Morgan fingerprint density at radius 2 is 0.889 bits per heavy atom. The molecule has 3 aromatic rings. The second-order valence-electron chi connectivity index (χ2n) is 8.23. The number of hydrogen-bond donors (Lipinski definition) is 4. The Bertz CT molecular complexity index is 1400. The SMILES string of the molecule is Cc1ccc(S(=O)(=O)NC(=O)Nc2cc(NC(=O)NS(=O)(=O)c3ccc(C)cc3)c(C)cc2C)cc1. The molecule has 12 heteroatoms. The van der Waals surface area contributed by atoms with Crippen LogP contribution in [0.2, 0.25) is 0 Å². The van der Waals surface area contributed by atoms with Gasteiger partial charge in [-0.05, 0) is 69.2 Å². The molecule has 3 aromatic carbocycles. The van der Waals surface area contributed by atoms with Gasteiger partial charge in [0, 0.05) is 11.4 Å². The fourth-order valence-corrected chi connectivity index (χ4v) is 5.03. The highest BCUT2D eigenvalue weighted by atomic mass is 32.2. The highest BCUT2D eigenvalue weighted by Crippen LogP contribution is 2.25. The van der Waals surface area contributed by atoms with Gasteiger partial charge in [0.2, 0.25) is 0 Å². The summed E-state index contributed by atoms with van der Waals surface area (Å²) in [6.07, 6.45) is 0. The van der Waals surface area contributed by atoms with Gasteiger partial charge in [0.1, 0.15) is 0 Å². The van der Waals surface area contributed by atoms with Gasteiger partial charge in [-0.15, -0.1) is 0 Å². The minimum absolute atomic E-state index is 0.0716. The van der Waals surface area contributed by atoms with Crippen LogP contribution < -0.4 is 20.1 Å². The number of benzene rings is 3. The number of aryl methyl sites for hydroxylation is 4. The lowest BCUT2D eigenvalue weighted by Crippen LogP contribution is -2.35. The highest BCUT2D eigenvalue weighted by molar-refractivity contribution is 7.90. The zero-order valence-electron chi connectivity index (χ0n) is 20.0. The summed E-state index contributed by atoms with van der Waals surface area (Å²) in [4.78, 5) is 24.7. The molecule has 0 fully saturated rings. The number of carbonyl (C=O) groups excluding carboxylic acids is 2. The van der Waals surface area contributed by atoms with Gasteiger partial charge in [-0.1, -0.05) is 41.5 Å². The van der Waals surface area contributed by atoms with Crippen molar-refractivity contribution in [2.75, 3.05) is 10.6 Å². The van der Waals surface area contributed by atoms with Crippen LogP contribution in [0, 0.1) is 27.7 Å². The molecule has 0 spiro atoms.